The van der Waals surface area contributed by atoms with Crippen LogP contribution in [0, 0.1) is 0 Å². The molecule has 0 spiro atoms. The zero-order chi connectivity index (χ0) is 20.1. The summed E-state index contributed by atoms with van der Waals surface area (Å²) in [6, 6.07) is 15.6. The van der Waals surface area contributed by atoms with E-state index in [-0.39, 0.29) is 0 Å². The molecule has 0 aliphatic carbocycles. The maximum Gasteiger partial charge on any atom is 0.411 e. The monoisotopic (exact) mass is 385 g/mol. The molecule has 3 aromatic heterocycles. The number of rotatable bonds is 5. The summed E-state index contributed by atoms with van der Waals surface area (Å²) in [7, 11) is 0. The number of carbonyl (C=O) groups is 1. The molecule has 0 aliphatic rings. The summed E-state index contributed by atoms with van der Waals surface area (Å²) in [6.07, 6.45) is 6.31. The number of imidazole rings is 1. The first-order valence-electron chi connectivity index (χ1n) is 9.19. The molecular weight excluding hydrogens is 366 g/mol. The van der Waals surface area contributed by atoms with Crippen LogP contribution in [0.4, 0.5) is 10.5 Å². The molecule has 0 unspecified atom stereocenters. The molecule has 1 amide bonds. The maximum atomic E-state index is 11.6. The zero-order valence-corrected chi connectivity index (χ0v) is 15.8. The predicted octanol–water partition coefficient (Wildman–Crippen LogP) is 4.77. The lowest BCUT2D eigenvalue weighted by molar-refractivity contribution is 0.168. The summed E-state index contributed by atoms with van der Waals surface area (Å²) in [6.45, 7) is 2.06. The number of aromatic amines is 1. The van der Waals surface area contributed by atoms with Gasteiger partial charge in [0.15, 0.2) is 5.82 Å². The number of aromatic nitrogens is 4. The summed E-state index contributed by atoms with van der Waals surface area (Å²) >= 11 is 0. The van der Waals surface area contributed by atoms with E-state index in [2.05, 4.69) is 25.3 Å². The number of anilines is 1. The molecule has 2 N–H and O–H groups in total. The van der Waals surface area contributed by atoms with Gasteiger partial charge in [-0.2, -0.15) is 0 Å². The SMILES string of the molecule is CCOC(=O)Nc1cncc(-c2ccnc(-c3ncc(-c4ccccc4)[nH]3)c2)c1. The molecule has 1 aromatic carbocycles. The van der Waals surface area contributed by atoms with Crippen molar-refractivity contribution in [2.75, 3.05) is 11.9 Å². The van der Waals surface area contributed by atoms with Gasteiger partial charge in [0, 0.05) is 18.0 Å². The van der Waals surface area contributed by atoms with Crippen molar-refractivity contribution in [1.82, 2.24) is 19.9 Å². The van der Waals surface area contributed by atoms with Crippen LogP contribution in [0.15, 0.2) is 73.3 Å². The van der Waals surface area contributed by atoms with Crippen molar-refractivity contribution in [2.24, 2.45) is 0 Å². The Morgan fingerprint density at radius 1 is 1.00 bits per heavy atom. The molecule has 7 heteroatoms. The second-order valence-corrected chi connectivity index (χ2v) is 6.25. The molecule has 0 aliphatic heterocycles. The average Bonchev–Trinajstić information content (AvgIpc) is 3.25. The quantitative estimate of drug-likeness (QED) is 0.516. The highest BCUT2D eigenvalue weighted by Gasteiger charge is 2.09. The molecule has 0 radical (unpaired) electrons. The van der Waals surface area contributed by atoms with Gasteiger partial charge in [-0.3, -0.25) is 15.3 Å². The van der Waals surface area contributed by atoms with Crippen LogP contribution in [-0.2, 0) is 4.74 Å². The van der Waals surface area contributed by atoms with E-state index in [1.807, 2.05) is 48.5 Å². The first-order chi connectivity index (χ1) is 14.2. The Balaban J connectivity index is 1.60. The molecule has 7 nitrogen and oxygen atoms in total. The third-order valence-corrected chi connectivity index (χ3v) is 4.26. The Hall–Kier alpha value is -4.00. The van der Waals surface area contributed by atoms with Gasteiger partial charge in [0.1, 0.15) is 5.69 Å². The Bertz CT molecular complexity index is 1120. The van der Waals surface area contributed by atoms with Crippen LogP contribution >= 0.6 is 0 Å². The number of ether oxygens (including phenoxy) is 1. The lowest BCUT2D eigenvalue weighted by atomic mass is 10.1. The Morgan fingerprint density at radius 2 is 1.86 bits per heavy atom. The fourth-order valence-corrected chi connectivity index (χ4v) is 2.91. The molecule has 144 valence electrons. The zero-order valence-electron chi connectivity index (χ0n) is 15.8. The number of hydrogen-bond acceptors (Lipinski definition) is 5. The number of nitrogens with zero attached hydrogens (tertiary/aromatic N) is 3. The number of amides is 1. The van der Waals surface area contributed by atoms with Crippen LogP contribution in [0.2, 0.25) is 0 Å². The summed E-state index contributed by atoms with van der Waals surface area (Å²) < 4.78 is 4.91. The third-order valence-electron chi connectivity index (χ3n) is 4.26. The van der Waals surface area contributed by atoms with Crippen LogP contribution in [0.5, 0.6) is 0 Å². The van der Waals surface area contributed by atoms with E-state index in [0.717, 1.165) is 22.4 Å². The second kappa shape index (κ2) is 8.35. The fourth-order valence-electron chi connectivity index (χ4n) is 2.91. The summed E-state index contributed by atoms with van der Waals surface area (Å²) in [5.74, 6) is 0.680. The molecule has 0 saturated heterocycles. The highest BCUT2D eigenvalue weighted by Crippen LogP contribution is 2.26. The largest absolute Gasteiger partial charge is 0.450 e. The van der Waals surface area contributed by atoms with E-state index in [4.69, 9.17) is 4.74 Å². The predicted molar refractivity (Wildman–Crippen MR) is 111 cm³/mol. The van der Waals surface area contributed by atoms with E-state index in [1.165, 1.54) is 0 Å². The van der Waals surface area contributed by atoms with Gasteiger partial charge in [-0.25, -0.2) is 9.78 Å². The first-order valence-corrected chi connectivity index (χ1v) is 9.19. The molecule has 0 fully saturated rings. The van der Waals surface area contributed by atoms with Gasteiger partial charge in [-0.15, -0.1) is 0 Å². The number of H-pyrrole nitrogens is 1. The summed E-state index contributed by atoms with van der Waals surface area (Å²) in [5, 5.41) is 2.66. The van der Waals surface area contributed by atoms with Gasteiger partial charge in [-0.1, -0.05) is 30.3 Å². The van der Waals surface area contributed by atoms with Crippen LogP contribution < -0.4 is 5.32 Å². The summed E-state index contributed by atoms with van der Waals surface area (Å²) in [4.78, 5) is 28.1. The fraction of sp³-hybridized carbons (Fsp3) is 0.0909. The topological polar surface area (TPSA) is 92.8 Å². The molecule has 0 atom stereocenters. The third kappa shape index (κ3) is 4.30. The standard InChI is InChI=1S/C22H19N5O2/c1-2-29-22(28)26-18-10-17(12-23-13-18)16-8-9-24-19(11-16)21-25-14-20(27-21)15-6-4-3-5-7-15/h3-14H,2H2,1H3,(H,25,27)(H,26,28). The van der Waals surface area contributed by atoms with Gasteiger partial charge in [-0.05, 0) is 36.2 Å². The minimum atomic E-state index is -0.508. The first kappa shape index (κ1) is 18.4. The van der Waals surface area contributed by atoms with Crippen molar-refractivity contribution in [3.63, 3.8) is 0 Å². The number of carbonyl (C=O) groups excluding carboxylic acids is 1. The van der Waals surface area contributed by atoms with Gasteiger partial charge in [0.2, 0.25) is 0 Å². The minimum Gasteiger partial charge on any atom is -0.450 e. The molecule has 0 saturated carbocycles. The van der Waals surface area contributed by atoms with E-state index in [1.54, 1.807) is 31.7 Å². The van der Waals surface area contributed by atoms with Crippen LogP contribution in [-0.4, -0.2) is 32.6 Å². The molecule has 0 bridgehead atoms. The van der Waals surface area contributed by atoms with Gasteiger partial charge in [0.25, 0.3) is 0 Å². The van der Waals surface area contributed by atoms with E-state index in [0.29, 0.717) is 23.8 Å². The Kier molecular flexibility index (Phi) is 5.29. The van der Waals surface area contributed by atoms with Crippen molar-refractivity contribution in [3.8, 4) is 33.9 Å². The van der Waals surface area contributed by atoms with Crippen molar-refractivity contribution in [3.05, 3.63) is 73.3 Å². The van der Waals surface area contributed by atoms with Crippen molar-refractivity contribution < 1.29 is 9.53 Å². The van der Waals surface area contributed by atoms with Gasteiger partial charge >= 0.3 is 6.09 Å². The number of hydrogen-bond donors (Lipinski definition) is 2. The van der Waals surface area contributed by atoms with Gasteiger partial charge in [0.05, 0.1) is 30.4 Å². The van der Waals surface area contributed by atoms with E-state index >= 15 is 0 Å². The Labute approximate surface area is 167 Å². The van der Waals surface area contributed by atoms with Crippen molar-refractivity contribution >= 4 is 11.8 Å². The maximum absolute atomic E-state index is 11.6. The highest BCUT2D eigenvalue weighted by atomic mass is 16.5. The van der Waals surface area contributed by atoms with Crippen LogP contribution in [0.1, 0.15) is 6.92 Å². The second-order valence-electron chi connectivity index (χ2n) is 6.25. The lowest BCUT2D eigenvalue weighted by Crippen LogP contribution is -2.13. The number of pyridine rings is 2. The smallest absolute Gasteiger partial charge is 0.411 e. The number of nitrogens with one attached hydrogen (secondary N) is 2. The van der Waals surface area contributed by atoms with Crippen molar-refractivity contribution in [2.45, 2.75) is 6.92 Å². The number of benzene rings is 1. The van der Waals surface area contributed by atoms with E-state index in [9.17, 15) is 4.79 Å². The van der Waals surface area contributed by atoms with Crippen LogP contribution in [0.25, 0.3) is 33.9 Å². The lowest BCUT2D eigenvalue weighted by Gasteiger charge is -2.07. The minimum absolute atomic E-state index is 0.306. The van der Waals surface area contributed by atoms with Crippen molar-refractivity contribution in [1.29, 1.82) is 0 Å². The average molecular weight is 385 g/mol. The van der Waals surface area contributed by atoms with E-state index < -0.39 is 6.09 Å². The molecular formula is C22H19N5O2. The summed E-state index contributed by atoms with van der Waals surface area (Å²) in [5.41, 5.74) is 5.02. The Morgan fingerprint density at radius 3 is 2.69 bits per heavy atom. The van der Waals surface area contributed by atoms with Crippen LogP contribution in [0.3, 0.4) is 0 Å². The molecule has 4 aromatic rings. The van der Waals surface area contributed by atoms with Gasteiger partial charge < -0.3 is 9.72 Å². The normalized spacial score (nSPS) is 10.5. The molecule has 4 rings (SSSR count). The highest BCUT2D eigenvalue weighted by molar-refractivity contribution is 5.85. The molecule has 29 heavy (non-hydrogen) atoms. The molecule has 3 heterocycles.